The molecule has 1 fully saturated rings. The summed E-state index contributed by atoms with van der Waals surface area (Å²) in [6, 6.07) is 16.9. The largest absolute Gasteiger partial charge is 0.467 e. The Balaban J connectivity index is 1.89. The molecule has 1 heterocycles. The number of fused-ring (bicyclic) bond motifs is 1. The Morgan fingerprint density at radius 1 is 0.868 bits per heavy atom. The highest BCUT2D eigenvalue weighted by Gasteiger charge is 2.76. The van der Waals surface area contributed by atoms with Gasteiger partial charge in [-0.3, -0.25) is 0 Å². The standard InChI is InChI=1S/C30H34O8/c1-27(2)18-16-22(36-24(31)20-12-8-6-9-13-20)29(4)23(37-25(32)21-14-10-7-11-15-21)17-19-28(3,34)30(29,38-27)26(33)35-5/h6-16,18,22-23,34H,17,19H2,1-5H3/t22-,23-,28-,29+,30-/m0/s1. The van der Waals surface area contributed by atoms with E-state index in [0.717, 1.165) is 0 Å². The van der Waals surface area contributed by atoms with E-state index in [-0.39, 0.29) is 12.8 Å². The Hall–Kier alpha value is -3.49. The maximum Gasteiger partial charge on any atom is 0.342 e. The molecular formula is C30H34O8. The van der Waals surface area contributed by atoms with E-state index in [2.05, 4.69) is 0 Å². The Morgan fingerprint density at radius 3 is 1.92 bits per heavy atom. The van der Waals surface area contributed by atoms with Crippen LogP contribution in [-0.2, 0) is 23.7 Å². The third-order valence-corrected chi connectivity index (χ3v) is 7.73. The van der Waals surface area contributed by atoms with Crippen LogP contribution in [0.1, 0.15) is 61.3 Å². The molecule has 2 aromatic carbocycles. The molecule has 0 saturated heterocycles. The van der Waals surface area contributed by atoms with Crippen molar-refractivity contribution in [1.29, 1.82) is 0 Å². The second-order valence-electron chi connectivity index (χ2n) is 10.8. The quantitative estimate of drug-likeness (QED) is 0.353. The van der Waals surface area contributed by atoms with Gasteiger partial charge in [-0.25, -0.2) is 14.4 Å². The van der Waals surface area contributed by atoms with Gasteiger partial charge in [0.15, 0.2) is 0 Å². The zero-order valence-electron chi connectivity index (χ0n) is 22.3. The molecule has 1 aliphatic heterocycles. The normalized spacial score (nSPS) is 31.8. The average molecular weight is 523 g/mol. The van der Waals surface area contributed by atoms with Crippen LogP contribution in [0.25, 0.3) is 0 Å². The van der Waals surface area contributed by atoms with E-state index >= 15 is 0 Å². The van der Waals surface area contributed by atoms with Crippen LogP contribution in [0.2, 0.25) is 0 Å². The molecule has 5 atom stereocenters. The number of benzene rings is 2. The van der Waals surface area contributed by atoms with Gasteiger partial charge in [-0.05, 0) is 70.9 Å². The summed E-state index contributed by atoms with van der Waals surface area (Å²) in [6.45, 7) is 6.58. The maximum atomic E-state index is 13.8. The molecule has 0 unspecified atom stereocenters. The Bertz CT molecular complexity index is 1220. The van der Waals surface area contributed by atoms with Crippen LogP contribution in [0.5, 0.6) is 0 Å². The van der Waals surface area contributed by atoms with Gasteiger partial charge < -0.3 is 24.1 Å². The number of methoxy groups -OCH3 is 1. The van der Waals surface area contributed by atoms with Gasteiger partial charge in [0.2, 0.25) is 5.60 Å². The van der Waals surface area contributed by atoms with E-state index in [1.807, 2.05) is 0 Å². The van der Waals surface area contributed by atoms with Gasteiger partial charge in [-0.15, -0.1) is 0 Å². The molecule has 1 N–H and O–H groups in total. The fourth-order valence-electron chi connectivity index (χ4n) is 5.74. The smallest absolute Gasteiger partial charge is 0.342 e. The predicted octanol–water partition coefficient (Wildman–Crippen LogP) is 4.27. The van der Waals surface area contributed by atoms with Gasteiger partial charge in [0.05, 0.1) is 29.3 Å². The molecule has 0 spiro atoms. The first-order chi connectivity index (χ1) is 17.9. The second kappa shape index (κ2) is 10.0. The number of ether oxygens (including phenoxy) is 4. The first-order valence-electron chi connectivity index (χ1n) is 12.6. The van der Waals surface area contributed by atoms with Crippen molar-refractivity contribution in [1.82, 2.24) is 0 Å². The van der Waals surface area contributed by atoms with Crippen molar-refractivity contribution in [3.63, 3.8) is 0 Å². The van der Waals surface area contributed by atoms with Crippen LogP contribution in [0, 0.1) is 5.41 Å². The van der Waals surface area contributed by atoms with E-state index in [1.54, 1.807) is 93.6 Å². The summed E-state index contributed by atoms with van der Waals surface area (Å²) in [7, 11) is 1.20. The van der Waals surface area contributed by atoms with Crippen molar-refractivity contribution in [3.05, 3.63) is 83.9 Å². The summed E-state index contributed by atoms with van der Waals surface area (Å²) >= 11 is 0. The zero-order chi connectivity index (χ0) is 27.8. The highest BCUT2D eigenvalue weighted by molar-refractivity contribution is 5.91. The number of rotatable bonds is 5. The summed E-state index contributed by atoms with van der Waals surface area (Å²) in [4.78, 5) is 40.3. The molecule has 0 aromatic heterocycles. The molecule has 1 saturated carbocycles. The van der Waals surface area contributed by atoms with Crippen molar-refractivity contribution in [3.8, 4) is 0 Å². The van der Waals surface area contributed by atoms with Gasteiger partial charge in [-0.1, -0.05) is 42.5 Å². The van der Waals surface area contributed by atoms with Gasteiger partial charge in [0.1, 0.15) is 17.8 Å². The minimum atomic E-state index is -2.08. The maximum absolute atomic E-state index is 13.8. The Labute approximate surface area is 222 Å². The molecule has 4 rings (SSSR count). The molecule has 38 heavy (non-hydrogen) atoms. The number of esters is 3. The molecule has 2 aliphatic rings. The van der Waals surface area contributed by atoms with Crippen LogP contribution >= 0.6 is 0 Å². The molecule has 2 aromatic rings. The van der Waals surface area contributed by atoms with Gasteiger partial charge in [0.25, 0.3) is 0 Å². The number of aliphatic hydroxyl groups is 1. The SMILES string of the molecule is COC(=O)[C@@]12OC(C)(C)C=C[C@H](OC(=O)c3ccccc3)[C@]1(C)[C@@H](OC(=O)c1ccccc1)CC[C@]2(C)O. The number of hydrogen-bond acceptors (Lipinski definition) is 8. The molecule has 0 amide bonds. The predicted molar refractivity (Wildman–Crippen MR) is 138 cm³/mol. The topological polar surface area (TPSA) is 108 Å². The lowest BCUT2D eigenvalue weighted by Crippen LogP contribution is -2.77. The molecule has 0 bridgehead atoms. The summed E-state index contributed by atoms with van der Waals surface area (Å²) in [5.41, 5.74) is -5.91. The first-order valence-corrected chi connectivity index (χ1v) is 12.6. The summed E-state index contributed by atoms with van der Waals surface area (Å²) in [5, 5.41) is 11.8. The number of hydrogen-bond donors (Lipinski definition) is 1. The van der Waals surface area contributed by atoms with Crippen LogP contribution in [0.15, 0.2) is 72.8 Å². The van der Waals surface area contributed by atoms with Crippen LogP contribution in [-0.4, -0.2) is 59.1 Å². The van der Waals surface area contributed by atoms with Crippen LogP contribution < -0.4 is 0 Å². The van der Waals surface area contributed by atoms with E-state index in [9.17, 15) is 19.5 Å². The highest BCUT2D eigenvalue weighted by atomic mass is 16.6. The van der Waals surface area contributed by atoms with Gasteiger partial charge in [-0.2, -0.15) is 0 Å². The van der Waals surface area contributed by atoms with Crippen molar-refractivity contribution in [2.24, 2.45) is 5.41 Å². The Morgan fingerprint density at radius 2 is 1.39 bits per heavy atom. The number of carbonyl (C=O) groups excluding carboxylic acids is 3. The van der Waals surface area contributed by atoms with Crippen molar-refractivity contribution in [2.45, 2.75) is 69.5 Å². The average Bonchev–Trinajstić information content (AvgIpc) is 3.00. The monoisotopic (exact) mass is 522 g/mol. The van der Waals surface area contributed by atoms with Gasteiger partial charge >= 0.3 is 17.9 Å². The van der Waals surface area contributed by atoms with Crippen LogP contribution in [0.3, 0.4) is 0 Å². The number of carbonyl (C=O) groups is 3. The van der Waals surface area contributed by atoms with Crippen molar-refractivity contribution >= 4 is 17.9 Å². The van der Waals surface area contributed by atoms with E-state index in [4.69, 9.17) is 18.9 Å². The Kier molecular flexibility index (Phi) is 7.25. The third kappa shape index (κ3) is 4.52. The van der Waals surface area contributed by atoms with E-state index in [1.165, 1.54) is 14.0 Å². The van der Waals surface area contributed by atoms with Crippen molar-refractivity contribution < 1.29 is 38.4 Å². The van der Waals surface area contributed by atoms with Gasteiger partial charge in [0, 0.05) is 0 Å². The van der Waals surface area contributed by atoms with E-state index < -0.39 is 52.3 Å². The molecule has 8 heteroatoms. The third-order valence-electron chi connectivity index (χ3n) is 7.73. The van der Waals surface area contributed by atoms with E-state index in [0.29, 0.717) is 11.1 Å². The lowest BCUT2D eigenvalue weighted by molar-refractivity contribution is -0.307. The zero-order valence-corrected chi connectivity index (χ0v) is 22.3. The summed E-state index contributed by atoms with van der Waals surface area (Å²) < 4.78 is 23.8. The highest BCUT2D eigenvalue weighted by Crippen LogP contribution is 2.58. The summed E-state index contributed by atoms with van der Waals surface area (Å²) in [5.74, 6) is -2.11. The lowest BCUT2D eigenvalue weighted by atomic mass is 9.53. The minimum absolute atomic E-state index is 0.0554. The fourth-order valence-corrected chi connectivity index (χ4v) is 5.74. The minimum Gasteiger partial charge on any atom is -0.467 e. The first kappa shape index (κ1) is 27.5. The molecule has 202 valence electrons. The fraction of sp³-hybridized carbons (Fsp3) is 0.433. The van der Waals surface area contributed by atoms with Crippen LogP contribution in [0.4, 0.5) is 0 Å². The molecular weight excluding hydrogens is 488 g/mol. The summed E-state index contributed by atoms with van der Waals surface area (Å²) in [6.07, 6.45) is 1.41. The second-order valence-corrected chi connectivity index (χ2v) is 10.8. The molecule has 0 radical (unpaired) electrons. The molecule has 1 aliphatic carbocycles. The van der Waals surface area contributed by atoms with Crippen molar-refractivity contribution in [2.75, 3.05) is 7.11 Å². The molecule has 8 nitrogen and oxygen atoms in total. The lowest BCUT2D eigenvalue weighted by Gasteiger charge is -2.60.